The maximum absolute atomic E-state index is 13.1. The SMILES string of the molecule is Cc1[nH]nc(C(F)(F)F)c1-c1cc(C)c2ccccc2n1. The number of benzene rings is 1. The molecule has 3 nitrogen and oxygen atoms in total. The molecule has 21 heavy (non-hydrogen) atoms. The van der Waals surface area contributed by atoms with Gasteiger partial charge in [-0.15, -0.1) is 0 Å². The molecule has 2 heterocycles. The molecule has 0 amide bonds. The van der Waals surface area contributed by atoms with Gasteiger partial charge in [-0.25, -0.2) is 4.98 Å². The lowest BCUT2D eigenvalue weighted by Crippen LogP contribution is -2.08. The molecule has 0 spiro atoms. The van der Waals surface area contributed by atoms with Gasteiger partial charge in [0.15, 0.2) is 5.69 Å². The molecule has 1 N–H and O–H groups in total. The zero-order valence-electron chi connectivity index (χ0n) is 11.4. The molecule has 0 saturated heterocycles. The van der Waals surface area contributed by atoms with Crippen molar-refractivity contribution in [1.82, 2.24) is 15.2 Å². The third-order valence-corrected chi connectivity index (χ3v) is 3.39. The second-order valence-electron chi connectivity index (χ2n) is 4.91. The predicted molar refractivity (Wildman–Crippen MR) is 73.8 cm³/mol. The number of nitrogens with zero attached hydrogens (tertiary/aromatic N) is 2. The molecular weight excluding hydrogens is 279 g/mol. The van der Waals surface area contributed by atoms with E-state index in [0.29, 0.717) is 11.2 Å². The third-order valence-electron chi connectivity index (χ3n) is 3.39. The van der Waals surface area contributed by atoms with Gasteiger partial charge in [0, 0.05) is 11.1 Å². The zero-order valence-corrected chi connectivity index (χ0v) is 11.4. The first-order valence-electron chi connectivity index (χ1n) is 6.37. The number of aromatic nitrogens is 3. The number of pyridine rings is 1. The van der Waals surface area contributed by atoms with Gasteiger partial charge >= 0.3 is 6.18 Å². The average molecular weight is 291 g/mol. The molecule has 108 valence electrons. The molecule has 2 aromatic heterocycles. The van der Waals surface area contributed by atoms with E-state index in [4.69, 9.17) is 0 Å². The lowest BCUT2D eigenvalue weighted by Gasteiger charge is -2.09. The molecule has 0 fully saturated rings. The summed E-state index contributed by atoms with van der Waals surface area (Å²) >= 11 is 0. The van der Waals surface area contributed by atoms with Crippen LogP contribution >= 0.6 is 0 Å². The predicted octanol–water partition coefficient (Wildman–Crippen LogP) is 4.26. The zero-order chi connectivity index (χ0) is 15.2. The van der Waals surface area contributed by atoms with E-state index in [0.717, 1.165) is 10.9 Å². The van der Waals surface area contributed by atoms with Gasteiger partial charge in [0.1, 0.15) is 0 Å². The van der Waals surface area contributed by atoms with Crippen LogP contribution in [0.1, 0.15) is 17.0 Å². The van der Waals surface area contributed by atoms with E-state index in [-0.39, 0.29) is 11.3 Å². The van der Waals surface area contributed by atoms with Crippen molar-refractivity contribution < 1.29 is 13.2 Å². The van der Waals surface area contributed by atoms with Gasteiger partial charge in [0.05, 0.1) is 16.8 Å². The fraction of sp³-hybridized carbons (Fsp3) is 0.200. The van der Waals surface area contributed by atoms with E-state index in [1.54, 1.807) is 19.1 Å². The van der Waals surface area contributed by atoms with E-state index < -0.39 is 11.9 Å². The molecule has 3 rings (SSSR count). The molecule has 3 aromatic rings. The summed E-state index contributed by atoms with van der Waals surface area (Å²) in [6.45, 7) is 3.42. The summed E-state index contributed by atoms with van der Waals surface area (Å²) in [5, 5.41) is 6.71. The van der Waals surface area contributed by atoms with Gasteiger partial charge in [0.2, 0.25) is 0 Å². The molecular formula is C15H12F3N3. The number of aryl methyl sites for hydroxylation is 2. The molecule has 0 aliphatic rings. The number of para-hydroxylation sites is 1. The number of aromatic amines is 1. The number of rotatable bonds is 1. The van der Waals surface area contributed by atoms with E-state index in [1.807, 2.05) is 25.1 Å². The van der Waals surface area contributed by atoms with E-state index >= 15 is 0 Å². The van der Waals surface area contributed by atoms with Gasteiger partial charge < -0.3 is 0 Å². The number of nitrogens with one attached hydrogen (secondary N) is 1. The Kier molecular flexibility index (Phi) is 2.97. The van der Waals surface area contributed by atoms with Gasteiger partial charge in [-0.1, -0.05) is 18.2 Å². The van der Waals surface area contributed by atoms with Crippen LogP contribution in [0.25, 0.3) is 22.2 Å². The first-order chi connectivity index (χ1) is 9.88. The summed E-state index contributed by atoms with van der Waals surface area (Å²) in [5.74, 6) is 0. The first-order valence-corrected chi connectivity index (χ1v) is 6.37. The Bertz CT molecular complexity index is 819. The molecule has 0 aliphatic heterocycles. The highest BCUT2D eigenvalue weighted by atomic mass is 19.4. The highest BCUT2D eigenvalue weighted by Gasteiger charge is 2.38. The quantitative estimate of drug-likeness (QED) is 0.727. The van der Waals surface area contributed by atoms with Crippen LogP contribution in [0.5, 0.6) is 0 Å². The molecule has 0 unspecified atom stereocenters. The Morgan fingerprint density at radius 2 is 1.81 bits per heavy atom. The molecule has 0 saturated carbocycles. The maximum Gasteiger partial charge on any atom is 0.435 e. The summed E-state index contributed by atoms with van der Waals surface area (Å²) in [7, 11) is 0. The lowest BCUT2D eigenvalue weighted by atomic mass is 10.0. The van der Waals surface area contributed by atoms with Gasteiger partial charge in [-0.2, -0.15) is 18.3 Å². The molecule has 0 atom stereocenters. The van der Waals surface area contributed by atoms with Crippen molar-refractivity contribution in [1.29, 1.82) is 0 Å². The van der Waals surface area contributed by atoms with Crippen molar-refractivity contribution in [3.63, 3.8) is 0 Å². The minimum atomic E-state index is -4.51. The van der Waals surface area contributed by atoms with Crippen LogP contribution in [0.3, 0.4) is 0 Å². The van der Waals surface area contributed by atoms with Crippen LogP contribution in [0.15, 0.2) is 30.3 Å². The van der Waals surface area contributed by atoms with Gasteiger partial charge in [-0.3, -0.25) is 5.10 Å². The highest BCUT2D eigenvalue weighted by molar-refractivity contribution is 5.85. The van der Waals surface area contributed by atoms with Crippen molar-refractivity contribution in [2.24, 2.45) is 0 Å². The number of halogens is 3. The van der Waals surface area contributed by atoms with Crippen molar-refractivity contribution >= 4 is 10.9 Å². The van der Waals surface area contributed by atoms with Crippen molar-refractivity contribution in [2.75, 3.05) is 0 Å². The first kappa shape index (κ1) is 13.6. The Labute approximate surface area is 118 Å². The smallest absolute Gasteiger partial charge is 0.282 e. The molecule has 0 bridgehead atoms. The Hall–Kier alpha value is -2.37. The van der Waals surface area contributed by atoms with Crippen LogP contribution in [0, 0.1) is 13.8 Å². The molecule has 0 aliphatic carbocycles. The second-order valence-corrected chi connectivity index (χ2v) is 4.91. The number of hydrogen-bond acceptors (Lipinski definition) is 2. The van der Waals surface area contributed by atoms with E-state index in [1.165, 1.54) is 0 Å². The monoisotopic (exact) mass is 291 g/mol. The van der Waals surface area contributed by atoms with Crippen molar-refractivity contribution in [2.45, 2.75) is 20.0 Å². The van der Waals surface area contributed by atoms with Crippen LogP contribution < -0.4 is 0 Å². The van der Waals surface area contributed by atoms with Crippen LogP contribution in [0.2, 0.25) is 0 Å². The summed E-state index contributed by atoms with van der Waals surface area (Å²) in [4.78, 5) is 4.35. The molecule has 1 aromatic carbocycles. The summed E-state index contributed by atoms with van der Waals surface area (Å²) in [5.41, 5.74) is 1.26. The lowest BCUT2D eigenvalue weighted by molar-refractivity contribution is -0.140. The fourth-order valence-electron chi connectivity index (χ4n) is 2.43. The van der Waals surface area contributed by atoms with Crippen LogP contribution in [-0.4, -0.2) is 15.2 Å². The topological polar surface area (TPSA) is 41.6 Å². The minimum Gasteiger partial charge on any atom is -0.282 e. The molecule has 6 heteroatoms. The number of fused-ring (bicyclic) bond motifs is 1. The standard InChI is InChI=1S/C15H12F3N3/c1-8-7-12(19-11-6-4-3-5-10(8)11)13-9(2)20-21-14(13)15(16,17)18/h3-7H,1-2H3,(H,20,21). The van der Waals surface area contributed by atoms with E-state index in [2.05, 4.69) is 15.2 Å². The average Bonchev–Trinajstić information content (AvgIpc) is 2.80. The Morgan fingerprint density at radius 3 is 2.52 bits per heavy atom. The van der Waals surface area contributed by atoms with E-state index in [9.17, 15) is 13.2 Å². The Morgan fingerprint density at radius 1 is 1.10 bits per heavy atom. The van der Waals surface area contributed by atoms with Crippen LogP contribution in [-0.2, 0) is 6.18 Å². The van der Waals surface area contributed by atoms with Crippen molar-refractivity contribution in [3.05, 3.63) is 47.3 Å². The summed E-state index contributed by atoms with van der Waals surface area (Å²) < 4.78 is 39.2. The van der Waals surface area contributed by atoms with Gasteiger partial charge in [-0.05, 0) is 31.5 Å². The minimum absolute atomic E-state index is 0.0105. The largest absolute Gasteiger partial charge is 0.435 e. The number of H-pyrrole nitrogens is 1. The van der Waals surface area contributed by atoms with Crippen LogP contribution in [0.4, 0.5) is 13.2 Å². The third kappa shape index (κ3) is 2.26. The maximum atomic E-state index is 13.1. The van der Waals surface area contributed by atoms with Crippen molar-refractivity contribution in [3.8, 4) is 11.3 Å². The second kappa shape index (κ2) is 4.58. The van der Waals surface area contributed by atoms with Gasteiger partial charge in [0.25, 0.3) is 0 Å². The normalized spacial score (nSPS) is 12.0. The Balaban J connectivity index is 2.29. The summed E-state index contributed by atoms with van der Waals surface area (Å²) in [6.07, 6.45) is -4.51. The number of alkyl halides is 3. The number of hydrogen-bond donors (Lipinski definition) is 1. The summed E-state index contributed by atoms with van der Waals surface area (Å²) in [6, 6.07) is 9.03. The highest BCUT2D eigenvalue weighted by Crippen LogP contribution is 2.37. The molecule has 0 radical (unpaired) electrons. The fourth-order valence-corrected chi connectivity index (χ4v) is 2.43.